The largest absolute Gasteiger partial charge is 0.480 e. The topological polar surface area (TPSA) is 52.6 Å². The second kappa shape index (κ2) is 8.48. The maximum atomic E-state index is 11.1. The first-order valence-corrected chi connectivity index (χ1v) is 7.32. The van der Waals surface area contributed by atoms with Crippen molar-refractivity contribution in [1.29, 1.82) is 0 Å². The fourth-order valence-corrected chi connectivity index (χ4v) is 2.49. The lowest BCUT2D eigenvalue weighted by Crippen LogP contribution is -2.40. The molecular formula is C14H28N2O2. The van der Waals surface area contributed by atoms with Crippen LogP contribution < -0.4 is 5.32 Å². The number of nitrogens with zero attached hydrogens (tertiary/aromatic N) is 1. The molecule has 4 nitrogen and oxygen atoms in total. The lowest BCUT2D eigenvalue weighted by molar-refractivity contribution is -0.139. The van der Waals surface area contributed by atoms with Crippen molar-refractivity contribution in [2.45, 2.75) is 52.0 Å². The molecule has 0 aromatic carbocycles. The van der Waals surface area contributed by atoms with Gasteiger partial charge >= 0.3 is 5.97 Å². The zero-order valence-corrected chi connectivity index (χ0v) is 11.8. The number of carboxylic acids is 1. The Morgan fingerprint density at radius 1 is 1.44 bits per heavy atom. The Bertz CT molecular complexity index is 246. The predicted octanol–water partition coefficient (Wildman–Crippen LogP) is 1.95. The van der Waals surface area contributed by atoms with Crippen molar-refractivity contribution in [1.82, 2.24) is 10.2 Å². The second-order valence-corrected chi connectivity index (χ2v) is 5.51. The van der Waals surface area contributed by atoms with E-state index in [1.54, 1.807) is 0 Å². The van der Waals surface area contributed by atoms with Crippen LogP contribution in [0.4, 0.5) is 0 Å². The van der Waals surface area contributed by atoms with E-state index < -0.39 is 5.97 Å². The van der Waals surface area contributed by atoms with Gasteiger partial charge in [-0.25, -0.2) is 0 Å². The third kappa shape index (κ3) is 5.83. The quantitative estimate of drug-likeness (QED) is 0.731. The van der Waals surface area contributed by atoms with Crippen LogP contribution in [-0.2, 0) is 4.79 Å². The van der Waals surface area contributed by atoms with Crippen LogP contribution in [0.15, 0.2) is 0 Å². The minimum Gasteiger partial charge on any atom is -0.480 e. The van der Waals surface area contributed by atoms with Crippen molar-refractivity contribution in [2.24, 2.45) is 5.92 Å². The van der Waals surface area contributed by atoms with Gasteiger partial charge in [-0.05, 0) is 57.7 Å². The van der Waals surface area contributed by atoms with Crippen molar-refractivity contribution in [3.63, 3.8) is 0 Å². The average molecular weight is 256 g/mol. The first-order chi connectivity index (χ1) is 8.63. The molecule has 0 bridgehead atoms. The molecule has 1 aliphatic rings. The van der Waals surface area contributed by atoms with Gasteiger partial charge in [0.1, 0.15) is 6.04 Å². The van der Waals surface area contributed by atoms with Crippen molar-refractivity contribution < 1.29 is 9.90 Å². The molecule has 0 aromatic heterocycles. The summed E-state index contributed by atoms with van der Waals surface area (Å²) in [4.78, 5) is 13.5. The number of rotatable bonds is 7. The van der Waals surface area contributed by atoms with Gasteiger partial charge in [-0.3, -0.25) is 4.79 Å². The van der Waals surface area contributed by atoms with E-state index in [4.69, 9.17) is 5.11 Å². The highest BCUT2D eigenvalue weighted by Gasteiger charge is 2.19. The van der Waals surface area contributed by atoms with Crippen LogP contribution in [0, 0.1) is 5.92 Å². The number of carbonyl (C=O) groups is 1. The van der Waals surface area contributed by atoms with Crippen LogP contribution in [0.2, 0.25) is 0 Å². The zero-order valence-electron chi connectivity index (χ0n) is 11.8. The van der Waals surface area contributed by atoms with Crippen molar-refractivity contribution in [3.05, 3.63) is 0 Å². The first-order valence-electron chi connectivity index (χ1n) is 7.32. The van der Waals surface area contributed by atoms with Crippen molar-refractivity contribution >= 4 is 5.97 Å². The molecule has 18 heavy (non-hydrogen) atoms. The Kier molecular flexibility index (Phi) is 7.28. The molecule has 2 unspecified atom stereocenters. The molecule has 1 heterocycles. The summed E-state index contributed by atoms with van der Waals surface area (Å²) in [6, 6.07) is -0.384. The highest BCUT2D eigenvalue weighted by molar-refractivity contribution is 5.73. The van der Waals surface area contributed by atoms with Gasteiger partial charge in [0.05, 0.1) is 0 Å². The predicted molar refractivity (Wildman–Crippen MR) is 73.8 cm³/mol. The molecule has 2 N–H and O–H groups in total. The number of aliphatic carboxylic acids is 1. The van der Waals surface area contributed by atoms with E-state index in [-0.39, 0.29) is 6.04 Å². The molecule has 0 spiro atoms. The number of hydrogen-bond donors (Lipinski definition) is 2. The van der Waals surface area contributed by atoms with E-state index >= 15 is 0 Å². The summed E-state index contributed by atoms with van der Waals surface area (Å²) in [6.07, 6.45) is 5.50. The summed E-state index contributed by atoms with van der Waals surface area (Å²) in [6.45, 7) is 8.31. The molecule has 0 aliphatic carbocycles. The third-order valence-electron chi connectivity index (χ3n) is 3.78. The maximum absolute atomic E-state index is 11.1. The smallest absolute Gasteiger partial charge is 0.320 e. The fourth-order valence-electron chi connectivity index (χ4n) is 2.49. The fraction of sp³-hybridized carbons (Fsp3) is 0.929. The first kappa shape index (κ1) is 15.4. The van der Waals surface area contributed by atoms with Gasteiger partial charge in [0, 0.05) is 6.54 Å². The molecule has 0 saturated carbocycles. The van der Waals surface area contributed by atoms with Crippen LogP contribution in [0.3, 0.4) is 0 Å². The average Bonchev–Trinajstić information content (AvgIpc) is 2.54. The lowest BCUT2D eigenvalue weighted by Gasteiger charge is -2.22. The minimum atomic E-state index is -0.716. The second-order valence-electron chi connectivity index (χ2n) is 5.51. The van der Waals surface area contributed by atoms with E-state index in [9.17, 15) is 4.79 Å². The van der Waals surface area contributed by atoms with Gasteiger partial charge in [-0.15, -0.1) is 0 Å². The molecular weight excluding hydrogens is 228 g/mol. The Morgan fingerprint density at radius 3 is 2.89 bits per heavy atom. The van der Waals surface area contributed by atoms with Crippen LogP contribution in [-0.4, -0.2) is 48.2 Å². The highest BCUT2D eigenvalue weighted by Crippen LogP contribution is 2.16. The standard InChI is InChI=1S/C14H28N2O2/c1-3-8-15-13(14(17)18)7-11-16-9-4-5-12(2)6-10-16/h12-13,15H,3-11H2,1-2H3,(H,17,18). The van der Waals surface area contributed by atoms with Gasteiger partial charge in [-0.1, -0.05) is 13.8 Å². The summed E-state index contributed by atoms with van der Waals surface area (Å²) >= 11 is 0. The monoisotopic (exact) mass is 256 g/mol. The number of carboxylic acid groups (broad SMARTS) is 1. The third-order valence-corrected chi connectivity index (χ3v) is 3.78. The van der Waals surface area contributed by atoms with E-state index in [1.807, 2.05) is 0 Å². The molecule has 1 rings (SSSR count). The summed E-state index contributed by atoms with van der Waals surface area (Å²) in [5.41, 5.74) is 0. The lowest BCUT2D eigenvalue weighted by atomic mass is 10.0. The van der Waals surface area contributed by atoms with E-state index in [2.05, 4.69) is 24.1 Å². The molecule has 4 heteroatoms. The molecule has 0 radical (unpaired) electrons. The van der Waals surface area contributed by atoms with Gasteiger partial charge in [0.25, 0.3) is 0 Å². The molecule has 2 atom stereocenters. The number of likely N-dealkylation sites (tertiary alicyclic amines) is 1. The van der Waals surface area contributed by atoms with Crippen LogP contribution >= 0.6 is 0 Å². The van der Waals surface area contributed by atoms with E-state index in [0.717, 1.165) is 38.5 Å². The summed E-state index contributed by atoms with van der Waals surface area (Å²) in [5, 5.41) is 12.3. The van der Waals surface area contributed by atoms with Gasteiger partial charge in [0.15, 0.2) is 0 Å². The van der Waals surface area contributed by atoms with Gasteiger partial charge in [-0.2, -0.15) is 0 Å². The Hall–Kier alpha value is -0.610. The minimum absolute atomic E-state index is 0.384. The summed E-state index contributed by atoms with van der Waals surface area (Å²) < 4.78 is 0. The summed E-state index contributed by atoms with van der Waals surface area (Å²) in [7, 11) is 0. The normalized spacial score (nSPS) is 23.6. The summed E-state index contributed by atoms with van der Waals surface area (Å²) in [5.74, 6) is 0.107. The van der Waals surface area contributed by atoms with E-state index in [0.29, 0.717) is 6.42 Å². The SMILES string of the molecule is CCCNC(CCN1CCCC(C)CC1)C(=O)O. The van der Waals surface area contributed by atoms with Crippen LogP contribution in [0.1, 0.15) is 46.0 Å². The van der Waals surface area contributed by atoms with E-state index in [1.165, 1.54) is 19.3 Å². The number of hydrogen-bond acceptors (Lipinski definition) is 3. The Balaban J connectivity index is 2.29. The molecule has 1 fully saturated rings. The molecule has 1 aliphatic heterocycles. The molecule has 0 amide bonds. The Labute approximate surface area is 111 Å². The van der Waals surface area contributed by atoms with Gasteiger partial charge in [0.2, 0.25) is 0 Å². The number of nitrogens with one attached hydrogen (secondary N) is 1. The Morgan fingerprint density at radius 2 is 2.22 bits per heavy atom. The van der Waals surface area contributed by atoms with Crippen LogP contribution in [0.25, 0.3) is 0 Å². The zero-order chi connectivity index (χ0) is 13.4. The molecule has 0 aromatic rings. The maximum Gasteiger partial charge on any atom is 0.320 e. The molecule has 106 valence electrons. The molecule has 1 saturated heterocycles. The van der Waals surface area contributed by atoms with Crippen molar-refractivity contribution in [2.75, 3.05) is 26.2 Å². The highest BCUT2D eigenvalue weighted by atomic mass is 16.4. The van der Waals surface area contributed by atoms with Crippen molar-refractivity contribution in [3.8, 4) is 0 Å². The van der Waals surface area contributed by atoms with Gasteiger partial charge < -0.3 is 15.3 Å². The van der Waals surface area contributed by atoms with Crippen LogP contribution in [0.5, 0.6) is 0 Å².